The third-order valence-corrected chi connectivity index (χ3v) is 1.87. The quantitative estimate of drug-likeness (QED) is 0.589. The van der Waals surface area contributed by atoms with Gasteiger partial charge in [-0.1, -0.05) is 0 Å². The summed E-state index contributed by atoms with van der Waals surface area (Å²) in [4.78, 5) is 11.2. The fourth-order valence-electron chi connectivity index (χ4n) is 0.612. The predicted octanol–water partition coefficient (Wildman–Crippen LogP) is 1.21. The molecule has 0 atom stereocenters. The third-order valence-electron chi connectivity index (χ3n) is 1.12. The molecule has 0 fully saturated rings. The van der Waals surface area contributed by atoms with Crippen LogP contribution in [0, 0.1) is 16.7 Å². The smallest absolute Gasteiger partial charge is 0.340 e. The predicted molar refractivity (Wildman–Crippen MR) is 39.2 cm³/mol. The molecule has 3 nitrogen and oxygen atoms in total. The van der Waals surface area contributed by atoms with E-state index in [1.54, 1.807) is 0 Å². The van der Waals surface area contributed by atoms with Crippen molar-refractivity contribution in [2.45, 2.75) is 0 Å². The highest BCUT2D eigenvalue weighted by Crippen LogP contribution is 2.14. The van der Waals surface area contributed by atoms with E-state index < -0.39 is 5.97 Å². The van der Waals surface area contributed by atoms with E-state index in [4.69, 9.17) is 5.26 Å². The van der Waals surface area contributed by atoms with Crippen LogP contribution in [-0.4, -0.2) is 13.1 Å². The van der Waals surface area contributed by atoms with Crippen molar-refractivity contribution in [2.24, 2.45) is 0 Å². The number of thiophene rings is 1. The molecular weight excluding hydrogens is 162 g/mol. The first kappa shape index (κ1) is 7.76. The number of nitrogens with zero attached hydrogens (tertiary/aromatic N) is 1. The highest BCUT2D eigenvalue weighted by atomic mass is 32.1. The number of rotatable bonds is 1. The molecule has 55 valence electrons. The molecule has 0 unspecified atom stereocenters. The molecule has 1 rings (SSSR count). The number of methoxy groups -OCH3 is 1. The van der Waals surface area contributed by atoms with Crippen LogP contribution in [0.2, 0.25) is 0 Å². The lowest BCUT2D eigenvalue weighted by Crippen LogP contribution is -2.00. The van der Waals surface area contributed by atoms with Gasteiger partial charge in [0.15, 0.2) is 0 Å². The number of nitriles is 1. The van der Waals surface area contributed by atoms with E-state index >= 15 is 0 Å². The van der Waals surface area contributed by atoms with E-state index in [1.165, 1.54) is 13.2 Å². The van der Waals surface area contributed by atoms with Crippen molar-refractivity contribution in [3.8, 4) is 6.07 Å². The molecule has 1 heterocycles. The van der Waals surface area contributed by atoms with Gasteiger partial charge in [0.25, 0.3) is 0 Å². The van der Waals surface area contributed by atoms with Crippen molar-refractivity contribution in [1.29, 1.82) is 5.26 Å². The second kappa shape index (κ2) is 3.17. The summed E-state index contributed by atoms with van der Waals surface area (Å²) in [5, 5.41) is 11.2. The molecule has 0 aliphatic heterocycles. The lowest BCUT2D eigenvalue weighted by atomic mass is 10.3. The second-order valence-electron chi connectivity index (χ2n) is 1.71. The van der Waals surface area contributed by atoms with Crippen LogP contribution in [0.25, 0.3) is 0 Å². The SMILES string of the molecule is COC(=O)c1c[c]sc1C#N. The van der Waals surface area contributed by atoms with E-state index in [0.717, 1.165) is 11.3 Å². The van der Waals surface area contributed by atoms with Crippen molar-refractivity contribution in [2.75, 3.05) is 7.11 Å². The Balaban J connectivity index is 3.05. The zero-order valence-corrected chi connectivity index (χ0v) is 6.57. The number of carbonyl (C=O) groups excluding carboxylic acids is 1. The molecule has 1 aromatic heterocycles. The summed E-state index contributed by atoms with van der Waals surface area (Å²) in [5.41, 5.74) is 0.292. The van der Waals surface area contributed by atoms with Crippen molar-refractivity contribution in [1.82, 2.24) is 0 Å². The van der Waals surface area contributed by atoms with Crippen LogP contribution in [0.4, 0.5) is 0 Å². The first-order valence-corrected chi connectivity index (χ1v) is 3.59. The van der Waals surface area contributed by atoms with Gasteiger partial charge in [0.2, 0.25) is 0 Å². The number of esters is 1. The second-order valence-corrected chi connectivity index (χ2v) is 2.56. The van der Waals surface area contributed by atoms with Gasteiger partial charge in [-0.05, 0) is 6.07 Å². The zero-order chi connectivity index (χ0) is 8.27. The number of ether oxygens (including phenoxy) is 1. The minimum absolute atomic E-state index is 0.292. The molecule has 0 saturated carbocycles. The fraction of sp³-hybridized carbons (Fsp3) is 0.143. The van der Waals surface area contributed by atoms with Crippen molar-refractivity contribution in [3.63, 3.8) is 0 Å². The Morgan fingerprint density at radius 1 is 1.91 bits per heavy atom. The van der Waals surface area contributed by atoms with E-state index in [-0.39, 0.29) is 0 Å². The summed E-state index contributed by atoms with van der Waals surface area (Å²) >= 11 is 1.11. The molecule has 0 aliphatic carbocycles. The van der Waals surface area contributed by atoms with Gasteiger partial charge in [0, 0.05) is 5.38 Å². The molecule has 4 heteroatoms. The summed E-state index contributed by atoms with van der Waals surface area (Å²) in [6, 6.07) is 3.33. The average molecular weight is 166 g/mol. The van der Waals surface area contributed by atoms with E-state index in [2.05, 4.69) is 10.1 Å². The maximum atomic E-state index is 10.9. The minimum atomic E-state index is -0.487. The molecule has 1 radical (unpaired) electrons. The van der Waals surface area contributed by atoms with Crippen LogP contribution in [0.15, 0.2) is 6.07 Å². The first-order valence-electron chi connectivity index (χ1n) is 2.78. The average Bonchev–Trinajstić information content (AvgIpc) is 2.50. The molecule has 0 saturated heterocycles. The lowest BCUT2D eigenvalue weighted by molar-refractivity contribution is 0.0601. The summed E-state index contributed by atoms with van der Waals surface area (Å²) in [7, 11) is 1.28. The normalized spacial score (nSPS) is 8.73. The van der Waals surface area contributed by atoms with Gasteiger partial charge < -0.3 is 4.74 Å². The zero-order valence-electron chi connectivity index (χ0n) is 5.75. The van der Waals surface area contributed by atoms with E-state index in [1.807, 2.05) is 6.07 Å². The fourth-order valence-corrected chi connectivity index (χ4v) is 1.20. The monoisotopic (exact) mass is 166 g/mol. The van der Waals surface area contributed by atoms with Crippen LogP contribution in [0.1, 0.15) is 15.2 Å². The van der Waals surface area contributed by atoms with Crippen molar-refractivity contribution in [3.05, 3.63) is 21.9 Å². The van der Waals surface area contributed by atoms with Crippen LogP contribution in [0.3, 0.4) is 0 Å². The van der Waals surface area contributed by atoms with Gasteiger partial charge in [-0.3, -0.25) is 0 Å². The first-order chi connectivity index (χ1) is 5.29. The molecule has 0 amide bonds. The number of hydrogen-bond acceptors (Lipinski definition) is 4. The van der Waals surface area contributed by atoms with Gasteiger partial charge in [0.05, 0.1) is 12.7 Å². The van der Waals surface area contributed by atoms with E-state index in [0.29, 0.717) is 10.4 Å². The summed E-state index contributed by atoms with van der Waals surface area (Å²) in [6.45, 7) is 0. The van der Waals surface area contributed by atoms with Crippen LogP contribution < -0.4 is 0 Å². The van der Waals surface area contributed by atoms with Gasteiger partial charge in [-0.2, -0.15) is 5.26 Å². The Kier molecular flexibility index (Phi) is 2.24. The van der Waals surface area contributed by atoms with Gasteiger partial charge in [-0.15, -0.1) is 11.3 Å². The Bertz CT molecular complexity index is 310. The van der Waals surface area contributed by atoms with Crippen molar-refractivity contribution < 1.29 is 9.53 Å². The Hall–Kier alpha value is -1.34. The lowest BCUT2D eigenvalue weighted by Gasteiger charge is -1.93. The number of hydrogen-bond donors (Lipinski definition) is 0. The summed E-state index contributed by atoms with van der Waals surface area (Å²) in [5.74, 6) is -0.487. The Morgan fingerprint density at radius 3 is 3.18 bits per heavy atom. The summed E-state index contributed by atoms with van der Waals surface area (Å²) < 4.78 is 4.43. The van der Waals surface area contributed by atoms with Crippen LogP contribution in [0.5, 0.6) is 0 Å². The highest BCUT2D eigenvalue weighted by Gasteiger charge is 2.11. The van der Waals surface area contributed by atoms with Gasteiger partial charge in [0.1, 0.15) is 10.9 Å². The van der Waals surface area contributed by atoms with Crippen LogP contribution >= 0.6 is 11.3 Å². The molecule has 0 aliphatic rings. The highest BCUT2D eigenvalue weighted by molar-refractivity contribution is 7.10. The minimum Gasteiger partial charge on any atom is -0.465 e. The molecular formula is C7H4NO2S. The largest absolute Gasteiger partial charge is 0.465 e. The molecule has 0 bridgehead atoms. The van der Waals surface area contributed by atoms with Crippen LogP contribution in [-0.2, 0) is 4.74 Å². The Morgan fingerprint density at radius 2 is 2.64 bits per heavy atom. The van der Waals surface area contributed by atoms with E-state index in [9.17, 15) is 4.79 Å². The van der Waals surface area contributed by atoms with Gasteiger partial charge in [-0.25, -0.2) is 4.79 Å². The molecule has 11 heavy (non-hydrogen) atoms. The molecule has 0 spiro atoms. The third kappa shape index (κ3) is 1.38. The molecule has 1 aromatic rings. The molecule has 0 N–H and O–H groups in total. The Labute approximate surface area is 67.8 Å². The van der Waals surface area contributed by atoms with Gasteiger partial charge >= 0.3 is 5.97 Å². The number of carbonyl (C=O) groups is 1. The summed E-state index contributed by atoms with van der Waals surface area (Å²) in [6.07, 6.45) is 0. The maximum Gasteiger partial charge on any atom is 0.340 e. The molecule has 0 aromatic carbocycles. The standard InChI is InChI=1S/C7H4NO2S/c1-10-7(9)5-2-3-11-6(5)4-8/h2H,1H3. The van der Waals surface area contributed by atoms with Crippen molar-refractivity contribution >= 4 is 17.3 Å². The maximum absolute atomic E-state index is 10.9. The topological polar surface area (TPSA) is 50.1 Å².